The molecular weight excluding hydrogens is 292 g/mol. The molecular formula is C18H22N2O3. The predicted octanol–water partition coefficient (Wildman–Crippen LogP) is 1.99. The molecule has 1 aromatic rings. The zero-order valence-corrected chi connectivity index (χ0v) is 13.0. The van der Waals surface area contributed by atoms with Crippen LogP contribution in [0.4, 0.5) is 0 Å². The number of amides is 2. The second-order valence-corrected chi connectivity index (χ2v) is 6.28. The maximum absolute atomic E-state index is 12.3. The summed E-state index contributed by atoms with van der Waals surface area (Å²) in [5.74, 6) is -1.09. The van der Waals surface area contributed by atoms with Gasteiger partial charge in [-0.3, -0.25) is 9.59 Å². The number of carbonyl (C=O) groups excluding carboxylic acids is 2. The summed E-state index contributed by atoms with van der Waals surface area (Å²) in [5.41, 5.74) is 0.870. The molecule has 1 heterocycles. The molecule has 0 aromatic heterocycles. The maximum Gasteiger partial charge on any atom is 0.261 e. The van der Waals surface area contributed by atoms with Crippen LogP contribution >= 0.6 is 0 Å². The molecule has 122 valence electrons. The van der Waals surface area contributed by atoms with Crippen molar-refractivity contribution in [2.24, 2.45) is 0 Å². The molecule has 1 atom stereocenters. The number of benzene rings is 1. The van der Waals surface area contributed by atoms with Crippen molar-refractivity contribution in [1.82, 2.24) is 10.6 Å². The highest BCUT2D eigenvalue weighted by atomic mass is 16.3. The topological polar surface area (TPSA) is 78.4 Å². The molecule has 0 saturated heterocycles. The molecule has 1 fully saturated rings. The van der Waals surface area contributed by atoms with Crippen molar-refractivity contribution < 1.29 is 14.7 Å². The van der Waals surface area contributed by atoms with Crippen LogP contribution in [-0.2, 0) is 16.0 Å². The molecule has 1 aliphatic carbocycles. The van der Waals surface area contributed by atoms with Crippen LogP contribution in [0.5, 0.6) is 0 Å². The van der Waals surface area contributed by atoms with Gasteiger partial charge >= 0.3 is 0 Å². The third kappa shape index (κ3) is 3.55. The number of aliphatic hydroxyl groups is 1. The smallest absolute Gasteiger partial charge is 0.261 e. The molecule has 0 radical (unpaired) electrons. The SMILES string of the molecule is O=C(NC1CCCCC1)C1=C(O)C(Cc2ccccc2)NC1=O. The largest absolute Gasteiger partial charge is 0.509 e. The van der Waals surface area contributed by atoms with Crippen molar-refractivity contribution in [3.63, 3.8) is 0 Å². The van der Waals surface area contributed by atoms with Gasteiger partial charge in [-0.1, -0.05) is 49.6 Å². The molecule has 0 spiro atoms. The first-order valence-corrected chi connectivity index (χ1v) is 8.24. The van der Waals surface area contributed by atoms with Gasteiger partial charge in [0.2, 0.25) is 0 Å². The first-order chi connectivity index (χ1) is 11.1. The third-order valence-corrected chi connectivity index (χ3v) is 4.57. The van der Waals surface area contributed by atoms with Gasteiger partial charge in [-0.05, 0) is 24.8 Å². The fourth-order valence-corrected chi connectivity index (χ4v) is 3.31. The van der Waals surface area contributed by atoms with Crippen LogP contribution in [0.2, 0.25) is 0 Å². The van der Waals surface area contributed by atoms with E-state index >= 15 is 0 Å². The summed E-state index contributed by atoms with van der Waals surface area (Å²) in [6.07, 6.45) is 5.74. The summed E-state index contributed by atoms with van der Waals surface area (Å²) >= 11 is 0. The Labute approximate surface area is 135 Å². The number of aliphatic hydroxyl groups excluding tert-OH is 1. The van der Waals surface area contributed by atoms with Gasteiger partial charge in [-0.15, -0.1) is 0 Å². The quantitative estimate of drug-likeness (QED) is 0.744. The monoisotopic (exact) mass is 314 g/mol. The highest BCUT2D eigenvalue weighted by Gasteiger charge is 2.36. The molecule has 3 rings (SSSR count). The van der Waals surface area contributed by atoms with E-state index in [1.165, 1.54) is 6.42 Å². The molecule has 0 bridgehead atoms. The number of hydrogen-bond acceptors (Lipinski definition) is 3. The van der Waals surface area contributed by atoms with E-state index in [9.17, 15) is 14.7 Å². The van der Waals surface area contributed by atoms with Crippen molar-refractivity contribution >= 4 is 11.8 Å². The summed E-state index contributed by atoms with van der Waals surface area (Å²) in [5, 5.41) is 15.9. The van der Waals surface area contributed by atoms with Gasteiger partial charge in [0.05, 0.1) is 6.04 Å². The number of hydrogen-bond donors (Lipinski definition) is 3. The molecule has 1 aliphatic heterocycles. The van der Waals surface area contributed by atoms with Crippen LogP contribution in [0, 0.1) is 0 Å². The Bertz CT molecular complexity index is 618. The van der Waals surface area contributed by atoms with E-state index in [0.29, 0.717) is 6.42 Å². The Kier molecular flexibility index (Phi) is 4.65. The highest BCUT2D eigenvalue weighted by molar-refractivity contribution is 6.20. The van der Waals surface area contributed by atoms with E-state index in [1.54, 1.807) is 0 Å². The highest BCUT2D eigenvalue weighted by Crippen LogP contribution is 2.21. The number of carbonyl (C=O) groups is 2. The lowest BCUT2D eigenvalue weighted by molar-refractivity contribution is -0.123. The lowest BCUT2D eigenvalue weighted by Gasteiger charge is -2.22. The Morgan fingerprint density at radius 3 is 2.57 bits per heavy atom. The van der Waals surface area contributed by atoms with Gasteiger partial charge in [-0.2, -0.15) is 0 Å². The minimum Gasteiger partial charge on any atom is -0.509 e. The standard InChI is InChI=1S/C18H22N2O3/c21-16-14(11-12-7-3-1-4-8-12)20-18(23)15(16)17(22)19-13-9-5-2-6-10-13/h1,3-4,7-8,13-14,21H,2,5-6,9-11H2,(H,19,22)(H,20,23). The average molecular weight is 314 g/mol. The van der Waals surface area contributed by atoms with Crippen LogP contribution < -0.4 is 10.6 Å². The van der Waals surface area contributed by atoms with Gasteiger partial charge in [-0.25, -0.2) is 0 Å². The fourth-order valence-electron chi connectivity index (χ4n) is 3.31. The van der Waals surface area contributed by atoms with E-state index < -0.39 is 17.9 Å². The van der Waals surface area contributed by atoms with Crippen LogP contribution in [0.25, 0.3) is 0 Å². The molecule has 1 saturated carbocycles. The second kappa shape index (κ2) is 6.86. The van der Waals surface area contributed by atoms with Crippen molar-refractivity contribution in [3.8, 4) is 0 Å². The second-order valence-electron chi connectivity index (χ2n) is 6.28. The van der Waals surface area contributed by atoms with Gasteiger partial charge in [0, 0.05) is 6.04 Å². The zero-order chi connectivity index (χ0) is 16.2. The zero-order valence-electron chi connectivity index (χ0n) is 13.0. The summed E-state index contributed by atoms with van der Waals surface area (Å²) in [6.45, 7) is 0. The summed E-state index contributed by atoms with van der Waals surface area (Å²) in [7, 11) is 0. The Morgan fingerprint density at radius 1 is 1.17 bits per heavy atom. The van der Waals surface area contributed by atoms with Gasteiger partial charge in [0.25, 0.3) is 11.8 Å². The van der Waals surface area contributed by atoms with E-state index in [-0.39, 0.29) is 17.4 Å². The Balaban J connectivity index is 1.69. The average Bonchev–Trinajstić information content (AvgIpc) is 2.83. The van der Waals surface area contributed by atoms with Gasteiger partial charge in [0.15, 0.2) is 0 Å². The van der Waals surface area contributed by atoms with Crippen molar-refractivity contribution in [3.05, 3.63) is 47.2 Å². The normalized spacial score (nSPS) is 22.1. The molecule has 3 N–H and O–H groups in total. The van der Waals surface area contributed by atoms with E-state index in [1.807, 2.05) is 30.3 Å². The predicted molar refractivity (Wildman–Crippen MR) is 86.7 cm³/mol. The van der Waals surface area contributed by atoms with Crippen LogP contribution in [0.3, 0.4) is 0 Å². The van der Waals surface area contributed by atoms with Crippen LogP contribution in [-0.4, -0.2) is 29.0 Å². The molecule has 5 heteroatoms. The van der Waals surface area contributed by atoms with Crippen LogP contribution in [0.15, 0.2) is 41.7 Å². The summed E-state index contributed by atoms with van der Waals surface area (Å²) in [4.78, 5) is 24.4. The van der Waals surface area contributed by atoms with Crippen LogP contribution in [0.1, 0.15) is 37.7 Å². The lowest BCUT2D eigenvalue weighted by Crippen LogP contribution is -2.39. The maximum atomic E-state index is 12.3. The minimum atomic E-state index is -0.531. The summed E-state index contributed by atoms with van der Waals surface area (Å²) < 4.78 is 0. The minimum absolute atomic E-state index is 0.109. The fraction of sp³-hybridized carbons (Fsp3) is 0.444. The first kappa shape index (κ1) is 15.6. The number of rotatable bonds is 4. The molecule has 1 aromatic carbocycles. The summed E-state index contributed by atoms with van der Waals surface area (Å²) in [6, 6.07) is 9.16. The lowest BCUT2D eigenvalue weighted by atomic mass is 9.95. The van der Waals surface area contributed by atoms with Gasteiger partial charge in [0.1, 0.15) is 11.3 Å². The van der Waals surface area contributed by atoms with E-state index in [0.717, 1.165) is 31.2 Å². The Hall–Kier alpha value is -2.30. The third-order valence-electron chi connectivity index (χ3n) is 4.57. The van der Waals surface area contributed by atoms with Crippen molar-refractivity contribution in [2.75, 3.05) is 0 Å². The first-order valence-electron chi connectivity index (χ1n) is 8.24. The molecule has 2 aliphatic rings. The molecule has 1 unspecified atom stereocenters. The van der Waals surface area contributed by atoms with E-state index in [2.05, 4.69) is 10.6 Å². The number of nitrogens with one attached hydrogen (secondary N) is 2. The Morgan fingerprint density at radius 2 is 1.87 bits per heavy atom. The van der Waals surface area contributed by atoms with Crippen molar-refractivity contribution in [1.29, 1.82) is 0 Å². The van der Waals surface area contributed by atoms with E-state index in [4.69, 9.17) is 0 Å². The van der Waals surface area contributed by atoms with Gasteiger partial charge < -0.3 is 15.7 Å². The molecule has 23 heavy (non-hydrogen) atoms. The molecule has 2 amide bonds. The molecule has 5 nitrogen and oxygen atoms in total. The van der Waals surface area contributed by atoms with Crippen molar-refractivity contribution in [2.45, 2.75) is 50.6 Å².